The van der Waals surface area contributed by atoms with Crippen molar-refractivity contribution in [2.24, 2.45) is 26.6 Å². The Kier molecular flexibility index (Phi) is 5.51. The smallest absolute Gasteiger partial charge is 0.162 e. The lowest BCUT2D eigenvalue weighted by Crippen LogP contribution is -2.59. The third kappa shape index (κ3) is 3.17. The summed E-state index contributed by atoms with van der Waals surface area (Å²) >= 11 is 0. The third-order valence-corrected chi connectivity index (χ3v) is 6.17. The van der Waals surface area contributed by atoms with Gasteiger partial charge in [-0.25, -0.2) is 9.98 Å². The molecule has 0 aromatic heterocycles. The van der Waals surface area contributed by atoms with E-state index in [1.807, 2.05) is 11.8 Å². The van der Waals surface area contributed by atoms with Crippen LogP contribution >= 0.6 is 0 Å². The Hall–Kier alpha value is -1.43. The van der Waals surface area contributed by atoms with E-state index >= 15 is 0 Å². The molecule has 1 saturated carbocycles. The molecular weight excluding hydrogens is 366 g/mol. The minimum Gasteiger partial charge on any atom is -0.394 e. The first-order valence-electron chi connectivity index (χ1n) is 9.96. The second-order valence-electron chi connectivity index (χ2n) is 7.80. The lowest BCUT2D eigenvalue weighted by molar-refractivity contribution is -0.0846. The van der Waals surface area contributed by atoms with E-state index in [9.17, 15) is 15.3 Å². The van der Waals surface area contributed by atoms with Gasteiger partial charge in [0.1, 0.15) is 37.0 Å². The number of amidine groups is 1. The van der Waals surface area contributed by atoms with Crippen LogP contribution in [-0.2, 0) is 9.47 Å². The van der Waals surface area contributed by atoms with Gasteiger partial charge in [-0.3, -0.25) is 4.99 Å². The molecule has 0 bridgehead atoms. The van der Waals surface area contributed by atoms with Gasteiger partial charge in [0.15, 0.2) is 17.7 Å². The van der Waals surface area contributed by atoms with E-state index < -0.39 is 30.2 Å². The highest BCUT2D eigenvalue weighted by molar-refractivity contribution is 6.47. The van der Waals surface area contributed by atoms with E-state index in [0.29, 0.717) is 31.0 Å². The van der Waals surface area contributed by atoms with Crippen molar-refractivity contribution in [1.82, 2.24) is 4.90 Å². The van der Waals surface area contributed by atoms with Crippen LogP contribution in [0.3, 0.4) is 0 Å². The number of fused-ring (bicyclic) bond motifs is 1. The molecule has 0 aromatic carbocycles. The SMILES string of the molecule is CCO[C@@H]1[C@H](O)[C@@H](CO)O[C@H]1N1CN=C2C1=NC=NC2(N)C1CCC(O)CC1. The molecular formula is C18H29N5O5. The van der Waals surface area contributed by atoms with E-state index in [0.717, 1.165) is 12.8 Å². The van der Waals surface area contributed by atoms with Crippen molar-refractivity contribution in [1.29, 1.82) is 0 Å². The summed E-state index contributed by atoms with van der Waals surface area (Å²) in [6.07, 6.45) is 1.19. The van der Waals surface area contributed by atoms with Gasteiger partial charge in [0, 0.05) is 12.5 Å². The maximum atomic E-state index is 10.4. The van der Waals surface area contributed by atoms with Gasteiger partial charge < -0.3 is 35.4 Å². The second kappa shape index (κ2) is 7.77. The average molecular weight is 395 g/mol. The monoisotopic (exact) mass is 395 g/mol. The third-order valence-electron chi connectivity index (χ3n) is 6.17. The first-order valence-corrected chi connectivity index (χ1v) is 9.96. The van der Waals surface area contributed by atoms with Crippen molar-refractivity contribution in [3.63, 3.8) is 0 Å². The highest BCUT2D eigenvalue weighted by Gasteiger charge is 2.53. The Morgan fingerprint density at radius 2 is 2.07 bits per heavy atom. The molecule has 3 aliphatic heterocycles. The van der Waals surface area contributed by atoms with Crippen LogP contribution < -0.4 is 5.73 Å². The van der Waals surface area contributed by atoms with Crippen molar-refractivity contribution < 1.29 is 24.8 Å². The lowest BCUT2D eigenvalue weighted by Gasteiger charge is -2.39. The quantitative estimate of drug-likeness (QED) is 0.459. The fourth-order valence-corrected chi connectivity index (χ4v) is 4.61. The van der Waals surface area contributed by atoms with Crippen molar-refractivity contribution in [3.05, 3.63) is 0 Å². The van der Waals surface area contributed by atoms with Crippen molar-refractivity contribution >= 4 is 17.9 Å². The standard InChI is InChI=1S/C18H29N5O5/c1-2-27-14-13(26)12(7-24)28-17(14)23-9-21-15-16(23)20-8-22-18(15,19)10-3-5-11(25)6-4-10/h8,10-14,17,24-26H,2-7,9,19H2,1H3/t10?,11?,12-,13-,14-,17-,18?/m1/s1. The van der Waals surface area contributed by atoms with Crippen LogP contribution in [-0.4, -0.2) is 94.3 Å². The van der Waals surface area contributed by atoms with Crippen LogP contribution in [0, 0.1) is 5.92 Å². The Balaban J connectivity index is 1.56. The zero-order valence-electron chi connectivity index (χ0n) is 16.0. The van der Waals surface area contributed by atoms with E-state index in [1.54, 1.807) is 0 Å². The average Bonchev–Trinajstić information content (AvgIpc) is 3.25. The molecule has 2 fully saturated rings. The number of hydrogen-bond donors (Lipinski definition) is 4. The number of aliphatic imine (C=N–C) groups is 3. The van der Waals surface area contributed by atoms with Gasteiger partial charge in [-0.2, -0.15) is 0 Å². The van der Waals surface area contributed by atoms with E-state index in [-0.39, 0.29) is 25.3 Å². The largest absolute Gasteiger partial charge is 0.394 e. The van der Waals surface area contributed by atoms with Gasteiger partial charge in [0.2, 0.25) is 0 Å². The molecule has 0 amide bonds. The van der Waals surface area contributed by atoms with Crippen molar-refractivity contribution in [2.45, 2.75) is 68.9 Å². The number of nitrogens with two attached hydrogens (primary N) is 1. The summed E-state index contributed by atoms with van der Waals surface area (Å²) in [5, 5.41) is 29.8. The number of aliphatic hydroxyl groups excluding tert-OH is 3. The second-order valence-corrected chi connectivity index (χ2v) is 7.80. The fraction of sp³-hybridized carbons (Fsp3) is 0.833. The summed E-state index contributed by atoms with van der Waals surface area (Å²) < 4.78 is 11.6. The Labute approximate surface area is 163 Å². The van der Waals surface area contributed by atoms with E-state index in [1.165, 1.54) is 6.34 Å². The van der Waals surface area contributed by atoms with Crippen LogP contribution in [0.4, 0.5) is 0 Å². The lowest BCUT2D eigenvalue weighted by atomic mass is 9.76. The Bertz CT molecular complexity index is 677. The Morgan fingerprint density at radius 1 is 1.32 bits per heavy atom. The molecule has 0 aromatic rings. The predicted octanol–water partition coefficient (Wildman–Crippen LogP) is -1.17. The summed E-state index contributed by atoms with van der Waals surface area (Å²) in [6.45, 7) is 2.21. The molecule has 1 unspecified atom stereocenters. The summed E-state index contributed by atoms with van der Waals surface area (Å²) in [5.74, 6) is 0.642. The maximum Gasteiger partial charge on any atom is 0.162 e. The highest BCUT2D eigenvalue weighted by atomic mass is 16.6. The zero-order chi connectivity index (χ0) is 19.9. The number of rotatable bonds is 5. The van der Waals surface area contributed by atoms with Crippen LogP contribution in [0.15, 0.2) is 15.0 Å². The normalized spacial score (nSPS) is 43.1. The first-order chi connectivity index (χ1) is 13.5. The fourth-order valence-electron chi connectivity index (χ4n) is 4.61. The maximum absolute atomic E-state index is 10.4. The van der Waals surface area contributed by atoms with Gasteiger partial charge in [0.25, 0.3) is 0 Å². The molecule has 4 aliphatic rings. The Morgan fingerprint density at radius 3 is 2.75 bits per heavy atom. The summed E-state index contributed by atoms with van der Waals surface area (Å²) in [6, 6.07) is 0. The molecule has 10 heteroatoms. The van der Waals surface area contributed by atoms with E-state index in [4.69, 9.17) is 15.2 Å². The molecule has 0 spiro atoms. The molecule has 5 N–H and O–H groups in total. The summed E-state index contributed by atoms with van der Waals surface area (Å²) in [4.78, 5) is 15.3. The molecule has 28 heavy (non-hydrogen) atoms. The summed E-state index contributed by atoms with van der Waals surface area (Å²) in [5.41, 5.74) is 6.34. The van der Waals surface area contributed by atoms with Gasteiger partial charge >= 0.3 is 0 Å². The van der Waals surface area contributed by atoms with Crippen molar-refractivity contribution in [3.8, 4) is 0 Å². The van der Waals surface area contributed by atoms with Gasteiger partial charge in [-0.15, -0.1) is 0 Å². The van der Waals surface area contributed by atoms with Gasteiger partial charge in [-0.05, 0) is 32.6 Å². The number of nitrogens with zero attached hydrogens (tertiary/aromatic N) is 4. The van der Waals surface area contributed by atoms with Crippen LogP contribution in [0.25, 0.3) is 0 Å². The molecule has 10 nitrogen and oxygen atoms in total. The zero-order valence-corrected chi connectivity index (χ0v) is 16.0. The van der Waals surface area contributed by atoms with Crippen LogP contribution in [0.2, 0.25) is 0 Å². The number of ether oxygens (including phenoxy) is 2. The molecule has 4 rings (SSSR count). The molecule has 1 saturated heterocycles. The van der Waals surface area contributed by atoms with Crippen LogP contribution in [0.1, 0.15) is 32.6 Å². The van der Waals surface area contributed by atoms with Crippen LogP contribution in [0.5, 0.6) is 0 Å². The summed E-state index contributed by atoms with van der Waals surface area (Å²) in [7, 11) is 0. The topological polar surface area (TPSA) is 145 Å². The molecule has 3 heterocycles. The van der Waals surface area contributed by atoms with Gasteiger partial charge in [0.05, 0.1) is 12.7 Å². The van der Waals surface area contributed by atoms with E-state index in [2.05, 4.69) is 15.0 Å². The molecule has 5 atom stereocenters. The predicted molar refractivity (Wildman–Crippen MR) is 102 cm³/mol. The van der Waals surface area contributed by atoms with Gasteiger partial charge in [-0.1, -0.05) is 0 Å². The minimum absolute atomic E-state index is 0.0688. The molecule has 1 aliphatic carbocycles. The highest BCUT2D eigenvalue weighted by Crippen LogP contribution is 2.37. The minimum atomic E-state index is -0.985. The first kappa shape index (κ1) is 19.9. The number of hydrogen-bond acceptors (Lipinski definition) is 10. The van der Waals surface area contributed by atoms with Crippen molar-refractivity contribution in [2.75, 3.05) is 19.9 Å². The number of aliphatic hydroxyl groups is 3. The molecule has 156 valence electrons. The molecule has 0 radical (unpaired) electrons.